The smallest absolute Gasteiger partial charge is 0.255 e. The van der Waals surface area contributed by atoms with Gasteiger partial charge in [-0.1, -0.05) is 0 Å². The topological polar surface area (TPSA) is 165 Å². The van der Waals surface area contributed by atoms with Gasteiger partial charge in [0.2, 0.25) is 5.78 Å². The molecule has 1 aromatic carbocycles. The summed E-state index contributed by atoms with van der Waals surface area (Å²) in [6.45, 7) is 3.31. The van der Waals surface area contributed by atoms with Gasteiger partial charge in [0.05, 0.1) is 11.6 Å². The number of primary amides is 1. The number of benzene rings is 1. The summed E-state index contributed by atoms with van der Waals surface area (Å²) in [5.74, 6) is -7.46. The Morgan fingerprint density at radius 2 is 1.83 bits per heavy atom. The van der Waals surface area contributed by atoms with Crippen LogP contribution in [0.15, 0.2) is 23.0 Å². The molecular weight excluding hydrogens is 533 g/mol. The van der Waals surface area contributed by atoms with Gasteiger partial charge in [-0.15, -0.1) is 0 Å². The summed E-state index contributed by atoms with van der Waals surface area (Å²) in [5.41, 5.74) is 1.60. The highest BCUT2D eigenvalue weighted by Crippen LogP contribution is 2.53. The molecule has 5 aliphatic rings. The van der Waals surface area contributed by atoms with Crippen LogP contribution in [0.25, 0.3) is 5.76 Å². The molecule has 3 saturated carbocycles. The van der Waals surface area contributed by atoms with E-state index in [1.165, 1.54) is 25.1 Å². The molecule has 0 radical (unpaired) electrons. The first kappa shape index (κ1) is 27.9. The van der Waals surface area contributed by atoms with Crippen LogP contribution in [0.3, 0.4) is 0 Å². The predicted octanol–water partition coefficient (Wildman–Crippen LogP) is 1.87. The maximum atomic E-state index is 16.2. The molecule has 6 rings (SSSR count). The number of aliphatic hydroxyl groups is 3. The van der Waals surface area contributed by atoms with Gasteiger partial charge in [0.25, 0.3) is 5.91 Å². The average molecular weight is 570 g/mol. The Bertz CT molecular complexity index is 1460. The van der Waals surface area contributed by atoms with Crippen molar-refractivity contribution in [3.8, 4) is 5.75 Å². The van der Waals surface area contributed by atoms with Crippen molar-refractivity contribution < 1.29 is 39.2 Å². The van der Waals surface area contributed by atoms with Gasteiger partial charge in [-0.3, -0.25) is 24.2 Å². The number of likely N-dealkylation sites (N-methyl/N-ethyl adjacent to an activating group) is 1. The Morgan fingerprint density at radius 1 is 1.17 bits per heavy atom. The molecule has 3 fully saturated rings. The number of Topliss-reactive ketones (excluding diaryl/α,β-unsaturated/α-hetero) is 2. The van der Waals surface area contributed by atoms with Crippen LogP contribution in [-0.2, 0) is 27.3 Å². The van der Waals surface area contributed by atoms with Crippen molar-refractivity contribution in [3.05, 3.63) is 45.5 Å². The van der Waals surface area contributed by atoms with Crippen LogP contribution in [0.1, 0.15) is 55.7 Å². The first-order valence-electron chi connectivity index (χ1n) is 14.1. The Balaban J connectivity index is 1.44. The third-order valence-electron chi connectivity index (χ3n) is 10.0. The second kappa shape index (κ2) is 9.11. The summed E-state index contributed by atoms with van der Waals surface area (Å²) < 4.78 is 16.2. The molecule has 0 aromatic heterocycles. The molecule has 6 N–H and O–H groups in total. The molecular formula is C30H36FN3O7. The van der Waals surface area contributed by atoms with Gasteiger partial charge < -0.3 is 26.2 Å². The van der Waals surface area contributed by atoms with Gasteiger partial charge in [0.1, 0.15) is 28.7 Å². The highest BCUT2D eigenvalue weighted by atomic mass is 19.1. The summed E-state index contributed by atoms with van der Waals surface area (Å²) in [4.78, 5) is 42.9. The van der Waals surface area contributed by atoms with E-state index < -0.39 is 69.6 Å². The highest BCUT2D eigenvalue weighted by Gasteiger charge is 2.64. The fourth-order valence-corrected chi connectivity index (χ4v) is 7.25. The molecule has 0 bridgehead atoms. The second-order valence-electron chi connectivity index (χ2n) is 13.0. The molecule has 11 heteroatoms. The molecule has 0 saturated heterocycles. The lowest BCUT2D eigenvalue weighted by atomic mass is 9.57. The minimum absolute atomic E-state index is 0.00992. The molecule has 5 aliphatic carbocycles. The lowest BCUT2D eigenvalue weighted by Gasteiger charge is -2.50. The zero-order valence-corrected chi connectivity index (χ0v) is 23.4. The Labute approximate surface area is 236 Å². The molecule has 0 spiro atoms. The van der Waals surface area contributed by atoms with Crippen molar-refractivity contribution in [1.82, 2.24) is 9.80 Å². The fraction of sp³-hybridized carbons (Fsp3) is 0.567. The summed E-state index contributed by atoms with van der Waals surface area (Å²) in [5, 5.41) is 44.9. The van der Waals surface area contributed by atoms with Crippen LogP contribution < -0.4 is 5.73 Å². The molecule has 10 nitrogen and oxygen atoms in total. The third-order valence-corrected chi connectivity index (χ3v) is 10.0. The van der Waals surface area contributed by atoms with E-state index in [0.717, 1.165) is 32.2 Å². The number of hydrogen-bond acceptors (Lipinski definition) is 9. The number of nitrogens with zero attached hydrogens (tertiary/aromatic N) is 2. The predicted molar refractivity (Wildman–Crippen MR) is 145 cm³/mol. The van der Waals surface area contributed by atoms with E-state index in [9.17, 15) is 34.8 Å². The quantitative estimate of drug-likeness (QED) is 0.308. The average Bonchev–Trinajstić information content (AvgIpc) is 3.82. The number of carbonyl (C=O) groups excluding carboxylic acids is 3. The molecule has 0 heterocycles. The summed E-state index contributed by atoms with van der Waals surface area (Å²) in [6.07, 6.45) is 4.19. The Hall–Kier alpha value is -3.28. The van der Waals surface area contributed by atoms with E-state index >= 15 is 4.39 Å². The maximum absolute atomic E-state index is 16.2. The monoisotopic (exact) mass is 569 g/mol. The second-order valence-corrected chi connectivity index (χ2v) is 13.0. The number of phenols is 1. The standard InChI is InChI=1S/C30H36FN3O7/c1-29(6-7-29)34(11-13-4-5-13)12-15-10-18(35)20-16(22(15)31)8-14-9-17-23(33(2)3)25(37)21(28(32)40)27(39)30(17,41)26(38)19(14)24(20)36/h10,13-14,17,23,35-36,39,41H,4-9,11-12H2,1-3H3,(H2,32,40)/t14-,17-,23-,30-/m0/s1. The van der Waals surface area contributed by atoms with Gasteiger partial charge in [-0.25, -0.2) is 4.39 Å². The van der Waals surface area contributed by atoms with Crippen molar-refractivity contribution in [2.45, 2.75) is 69.2 Å². The van der Waals surface area contributed by atoms with Crippen LogP contribution in [0.2, 0.25) is 0 Å². The van der Waals surface area contributed by atoms with Gasteiger partial charge in [-0.2, -0.15) is 0 Å². The first-order valence-corrected chi connectivity index (χ1v) is 14.1. The normalized spacial score (nSPS) is 30.5. The lowest BCUT2D eigenvalue weighted by Crippen LogP contribution is -2.65. The molecule has 0 aliphatic heterocycles. The molecule has 4 atom stereocenters. The number of carbonyl (C=O) groups is 3. The number of phenolic OH excluding ortho intramolecular Hbond substituents is 1. The summed E-state index contributed by atoms with van der Waals surface area (Å²) in [7, 11) is 3.07. The number of fused-ring (bicyclic) bond motifs is 3. The number of aliphatic hydroxyl groups excluding tert-OH is 2. The molecule has 220 valence electrons. The first-order chi connectivity index (χ1) is 19.2. The van der Waals surface area contributed by atoms with Gasteiger partial charge in [-0.05, 0) is 77.4 Å². The van der Waals surface area contributed by atoms with Crippen LogP contribution in [0.4, 0.5) is 4.39 Å². The van der Waals surface area contributed by atoms with E-state index in [1.807, 2.05) is 0 Å². The van der Waals surface area contributed by atoms with Crippen LogP contribution >= 0.6 is 0 Å². The minimum Gasteiger partial charge on any atom is -0.508 e. The lowest BCUT2D eigenvalue weighted by molar-refractivity contribution is -0.153. The van der Waals surface area contributed by atoms with Crippen molar-refractivity contribution in [1.29, 1.82) is 0 Å². The van der Waals surface area contributed by atoms with Crippen LogP contribution in [0.5, 0.6) is 5.75 Å². The SMILES string of the molecule is CN(C)[C@@H]1C(=O)C(C(N)=O)=C(O)[C@@]2(O)C(=O)C3=C(O)c4c(O)cc(CN(CC5CC5)C5(C)CC5)c(F)c4C[C@H]3C[C@@H]12. The van der Waals surface area contributed by atoms with Crippen molar-refractivity contribution in [3.63, 3.8) is 0 Å². The minimum atomic E-state index is -2.72. The van der Waals surface area contributed by atoms with E-state index in [4.69, 9.17) is 5.73 Å². The molecule has 0 unspecified atom stereocenters. The van der Waals surface area contributed by atoms with Gasteiger partial charge in [0.15, 0.2) is 11.4 Å². The Kier molecular flexibility index (Phi) is 6.19. The fourth-order valence-electron chi connectivity index (χ4n) is 7.25. The Morgan fingerprint density at radius 3 is 2.39 bits per heavy atom. The number of aromatic hydroxyl groups is 1. The number of halogens is 1. The van der Waals surface area contributed by atoms with Crippen molar-refractivity contribution in [2.75, 3.05) is 20.6 Å². The molecule has 41 heavy (non-hydrogen) atoms. The number of ketones is 2. The van der Waals surface area contributed by atoms with Gasteiger partial charge in [0, 0.05) is 41.2 Å². The molecule has 1 amide bonds. The zero-order chi connectivity index (χ0) is 29.8. The number of nitrogens with two attached hydrogens (primary N) is 1. The van der Waals surface area contributed by atoms with Crippen molar-refractivity contribution >= 4 is 23.2 Å². The van der Waals surface area contributed by atoms with E-state index in [2.05, 4.69) is 11.8 Å². The largest absolute Gasteiger partial charge is 0.508 e. The third kappa shape index (κ3) is 4.04. The zero-order valence-electron chi connectivity index (χ0n) is 23.4. The van der Waals surface area contributed by atoms with E-state index in [-0.39, 0.29) is 35.1 Å². The number of amides is 1. The summed E-state index contributed by atoms with van der Waals surface area (Å²) in [6, 6.07) is 0.0957. The van der Waals surface area contributed by atoms with E-state index in [0.29, 0.717) is 18.0 Å². The number of hydrogen-bond donors (Lipinski definition) is 5. The summed E-state index contributed by atoms with van der Waals surface area (Å²) >= 11 is 0. The molecule has 1 aromatic rings. The maximum Gasteiger partial charge on any atom is 0.255 e. The van der Waals surface area contributed by atoms with Crippen molar-refractivity contribution in [2.24, 2.45) is 23.5 Å². The number of rotatable bonds is 7. The van der Waals surface area contributed by atoms with Crippen LogP contribution in [0, 0.1) is 23.6 Å². The van der Waals surface area contributed by atoms with Crippen LogP contribution in [-0.4, -0.2) is 85.5 Å². The van der Waals surface area contributed by atoms with Gasteiger partial charge >= 0.3 is 0 Å². The van der Waals surface area contributed by atoms with E-state index in [1.54, 1.807) is 0 Å². The highest BCUT2D eigenvalue weighted by molar-refractivity contribution is 6.24.